The minimum Gasteiger partial charge on any atom is -0.484 e. The number of alkyl halides is 3. The molecule has 8 heteroatoms. The number of rotatable bonds is 5. The van der Waals surface area contributed by atoms with E-state index in [0.717, 1.165) is 25.8 Å². The molecular formula is C15H20ClF3N2O2. The molecule has 0 spiro atoms. The predicted molar refractivity (Wildman–Crippen MR) is 83.2 cm³/mol. The second-order valence-corrected chi connectivity index (χ2v) is 5.29. The lowest BCUT2D eigenvalue weighted by Gasteiger charge is -2.23. The minimum atomic E-state index is -4.37. The summed E-state index contributed by atoms with van der Waals surface area (Å²) < 4.78 is 40.7. The fourth-order valence-electron chi connectivity index (χ4n) is 2.28. The van der Waals surface area contributed by atoms with E-state index < -0.39 is 12.8 Å². The van der Waals surface area contributed by atoms with Gasteiger partial charge in [-0.05, 0) is 43.7 Å². The van der Waals surface area contributed by atoms with E-state index in [2.05, 4.69) is 15.4 Å². The van der Waals surface area contributed by atoms with Crippen molar-refractivity contribution in [2.24, 2.45) is 0 Å². The molecule has 2 N–H and O–H groups in total. The van der Waals surface area contributed by atoms with Crippen LogP contribution >= 0.6 is 12.4 Å². The van der Waals surface area contributed by atoms with Crippen molar-refractivity contribution in [2.75, 3.05) is 19.7 Å². The number of carbonyl (C=O) groups is 1. The van der Waals surface area contributed by atoms with Crippen molar-refractivity contribution in [3.05, 3.63) is 29.8 Å². The third kappa shape index (κ3) is 7.09. The Morgan fingerprint density at radius 2 is 1.96 bits per heavy atom. The minimum absolute atomic E-state index is 0. The van der Waals surface area contributed by atoms with Gasteiger partial charge < -0.3 is 15.4 Å². The van der Waals surface area contributed by atoms with Crippen LogP contribution in [-0.2, 0) is 0 Å². The maximum absolute atomic E-state index is 12.0. The van der Waals surface area contributed by atoms with Gasteiger partial charge in [0.05, 0.1) is 0 Å². The summed E-state index contributed by atoms with van der Waals surface area (Å²) >= 11 is 0. The van der Waals surface area contributed by atoms with Gasteiger partial charge in [-0.3, -0.25) is 4.79 Å². The van der Waals surface area contributed by atoms with Gasteiger partial charge in [0.25, 0.3) is 5.91 Å². The zero-order chi connectivity index (χ0) is 16.0. The Kier molecular flexibility index (Phi) is 7.64. The molecule has 23 heavy (non-hydrogen) atoms. The Balaban J connectivity index is 0.00000264. The van der Waals surface area contributed by atoms with Crippen molar-refractivity contribution in [1.29, 1.82) is 0 Å². The average molecular weight is 353 g/mol. The van der Waals surface area contributed by atoms with E-state index in [9.17, 15) is 18.0 Å². The molecule has 1 unspecified atom stereocenters. The van der Waals surface area contributed by atoms with Crippen molar-refractivity contribution in [2.45, 2.75) is 31.5 Å². The number of halogens is 4. The van der Waals surface area contributed by atoms with Gasteiger partial charge in [-0.25, -0.2) is 0 Å². The highest BCUT2D eigenvalue weighted by molar-refractivity contribution is 5.94. The molecule has 130 valence electrons. The van der Waals surface area contributed by atoms with Gasteiger partial charge in [0.2, 0.25) is 0 Å². The molecular weight excluding hydrogens is 333 g/mol. The Morgan fingerprint density at radius 1 is 1.26 bits per heavy atom. The zero-order valence-corrected chi connectivity index (χ0v) is 13.3. The second kappa shape index (κ2) is 8.98. The number of hydrogen-bond donors (Lipinski definition) is 2. The van der Waals surface area contributed by atoms with E-state index in [1.165, 1.54) is 24.3 Å². The molecule has 1 aliphatic heterocycles. The lowest BCUT2D eigenvalue weighted by Crippen LogP contribution is -2.43. The summed E-state index contributed by atoms with van der Waals surface area (Å²) in [5.41, 5.74) is 0.398. The first-order chi connectivity index (χ1) is 10.4. The van der Waals surface area contributed by atoms with Crippen LogP contribution in [0.2, 0.25) is 0 Å². The van der Waals surface area contributed by atoms with Crippen LogP contribution in [0.3, 0.4) is 0 Å². The molecule has 1 aliphatic rings. The number of piperidine rings is 1. The molecule has 1 atom stereocenters. The third-order valence-electron chi connectivity index (χ3n) is 3.44. The van der Waals surface area contributed by atoms with Crippen LogP contribution in [-0.4, -0.2) is 37.8 Å². The van der Waals surface area contributed by atoms with Crippen molar-refractivity contribution in [3.63, 3.8) is 0 Å². The molecule has 1 heterocycles. The van der Waals surface area contributed by atoms with Gasteiger partial charge in [-0.15, -0.1) is 12.4 Å². The van der Waals surface area contributed by atoms with Gasteiger partial charge in [0, 0.05) is 18.2 Å². The smallest absolute Gasteiger partial charge is 0.422 e. The highest BCUT2D eigenvalue weighted by Gasteiger charge is 2.28. The average Bonchev–Trinajstić information content (AvgIpc) is 2.51. The molecule has 1 amide bonds. The Morgan fingerprint density at radius 3 is 2.52 bits per heavy atom. The van der Waals surface area contributed by atoms with Gasteiger partial charge >= 0.3 is 6.18 Å². The maximum Gasteiger partial charge on any atom is 0.422 e. The molecule has 1 aromatic carbocycles. The van der Waals surface area contributed by atoms with Crippen molar-refractivity contribution >= 4 is 18.3 Å². The zero-order valence-electron chi connectivity index (χ0n) is 12.5. The third-order valence-corrected chi connectivity index (χ3v) is 3.44. The van der Waals surface area contributed by atoms with Crippen LogP contribution in [0.1, 0.15) is 29.6 Å². The van der Waals surface area contributed by atoms with Gasteiger partial charge in [0.15, 0.2) is 6.61 Å². The van der Waals surface area contributed by atoms with E-state index in [1.54, 1.807) is 0 Å². The number of nitrogens with one attached hydrogen (secondary N) is 2. The van der Waals surface area contributed by atoms with Crippen LogP contribution in [0.5, 0.6) is 5.75 Å². The van der Waals surface area contributed by atoms with Crippen molar-refractivity contribution in [3.8, 4) is 5.75 Å². The topological polar surface area (TPSA) is 50.4 Å². The first kappa shape index (κ1) is 19.6. The van der Waals surface area contributed by atoms with E-state index in [0.29, 0.717) is 12.1 Å². The summed E-state index contributed by atoms with van der Waals surface area (Å²) in [5.74, 6) is -0.155. The molecule has 1 saturated heterocycles. The fraction of sp³-hybridized carbons (Fsp3) is 0.533. The van der Waals surface area contributed by atoms with Crippen LogP contribution < -0.4 is 15.4 Å². The predicted octanol–water partition coefficient (Wildman–Crippen LogP) is 2.92. The number of hydrogen-bond acceptors (Lipinski definition) is 3. The highest BCUT2D eigenvalue weighted by Crippen LogP contribution is 2.18. The van der Waals surface area contributed by atoms with Gasteiger partial charge in [-0.2, -0.15) is 13.2 Å². The molecule has 0 aromatic heterocycles. The van der Waals surface area contributed by atoms with E-state index in [1.807, 2.05) is 0 Å². The largest absolute Gasteiger partial charge is 0.484 e. The van der Waals surface area contributed by atoms with E-state index in [4.69, 9.17) is 0 Å². The summed E-state index contributed by atoms with van der Waals surface area (Å²) in [5, 5.41) is 6.15. The van der Waals surface area contributed by atoms with Crippen molar-refractivity contribution < 1.29 is 22.7 Å². The lowest BCUT2D eigenvalue weighted by atomic mass is 10.1. The Hall–Kier alpha value is -1.47. The normalized spacial score (nSPS) is 18.0. The number of ether oxygens (including phenoxy) is 1. The fourth-order valence-corrected chi connectivity index (χ4v) is 2.28. The number of amides is 1. The standard InChI is InChI=1S/C15H19F3N2O2.ClH/c16-15(17,18)10-22-13-6-4-11(5-7-13)14(21)20-9-12-3-1-2-8-19-12;/h4-7,12,19H,1-3,8-10H2,(H,20,21);1H. The lowest BCUT2D eigenvalue weighted by molar-refractivity contribution is -0.153. The molecule has 0 aliphatic carbocycles. The van der Waals surface area contributed by atoms with Crippen LogP contribution in [0, 0.1) is 0 Å². The molecule has 1 aromatic rings. The molecule has 0 bridgehead atoms. The van der Waals surface area contributed by atoms with E-state index in [-0.39, 0.29) is 30.1 Å². The summed E-state index contributed by atoms with van der Waals surface area (Å²) in [4.78, 5) is 12.0. The summed E-state index contributed by atoms with van der Waals surface area (Å²) in [6, 6.07) is 5.91. The van der Waals surface area contributed by atoms with Gasteiger partial charge in [0.1, 0.15) is 5.75 Å². The first-order valence-corrected chi connectivity index (χ1v) is 7.25. The van der Waals surface area contributed by atoms with Crippen LogP contribution in [0.25, 0.3) is 0 Å². The van der Waals surface area contributed by atoms with Crippen LogP contribution in [0.15, 0.2) is 24.3 Å². The molecule has 0 saturated carbocycles. The SMILES string of the molecule is Cl.O=C(NCC1CCCCN1)c1ccc(OCC(F)(F)F)cc1. The van der Waals surface area contributed by atoms with Gasteiger partial charge in [-0.1, -0.05) is 6.42 Å². The van der Waals surface area contributed by atoms with Crippen molar-refractivity contribution in [1.82, 2.24) is 10.6 Å². The first-order valence-electron chi connectivity index (χ1n) is 7.25. The summed E-state index contributed by atoms with van der Waals surface area (Å²) in [6.45, 7) is 0.169. The number of carbonyl (C=O) groups excluding carboxylic acids is 1. The molecule has 1 fully saturated rings. The van der Waals surface area contributed by atoms with E-state index >= 15 is 0 Å². The Labute approximate surface area is 139 Å². The second-order valence-electron chi connectivity index (χ2n) is 5.29. The summed E-state index contributed by atoms with van der Waals surface area (Å²) in [7, 11) is 0. The van der Waals surface area contributed by atoms with Crippen LogP contribution in [0.4, 0.5) is 13.2 Å². The number of benzene rings is 1. The monoisotopic (exact) mass is 352 g/mol. The molecule has 2 rings (SSSR count). The Bertz CT molecular complexity index is 488. The molecule has 0 radical (unpaired) electrons. The quantitative estimate of drug-likeness (QED) is 0.856. The highest BCUT2D eigenvalue weighted by atomic mass is 35.5. The molecule has 4 nitrogen and oxygen atoms in total. The maximum atomic E-state index is 12.0. The summed E-state index contributed by atoms with van der Waals surface area (Å²) in [6.07, 6.45) is -1.03.